The molecule has 250 valence electrons. The second-order valence-corrected chi connectivity index (χ2v) is 15.8. The van der Waals surface area contributed by atoms with Gasteiger partial charge in [-0.2, -0.15) is 0 Å². The molecule has 0 saturated carbocycles. The van der Waals surface area contributed by atoms with E-state index in [1.54, 1.807) is 9.80 Å². The van der Waals surface area contributed by atoms with Gasteiger partial charge >= 0.3 is 18.0 Å². The van der Waals surface area contributed by atoms with Gasteiger partial charge in [-0.25, -0.2) is 9.59 Å². The number of ether oxygens (including phenoxy) is 1. The normalized spacial score (nSPS) is 25.6. The van der Waals surface area contributed by atoms with E-state index < -0.39 is 69.2 Å². The number of nitrogens with zero attached hydrogens (tertiary/aromatic N) is 4. The van der Waals surface area contributed by atoms with E-state index >= 15 is 0 Å². The highest BCUT2D eigenvalue weighted by Gasteiger charge is 2.64. The molecule has 0 aromatic carbocycles. The van der Waals surface area contributed by atoms with E-state index in [1.165, 1.54) is 20.8 Å². The molecule has 0 atom stereocenters. The number of rotatable bonds is 5. The average molecular weight is 633 g/mol. The van der Waals surface area contributed by atoms with Crippen LogP contribution in [0, 0.1) is 0 Å². The fourth-order valence-corrected chi connectivity index (χ4v) is 9.68. The third-order valence-electron chi connectivity index (χ3n) is 9.59. The molecule has 14 nitrogen and oxygen atoms in total. The second kappa shape index (κ2) is 10.4. The van der Waals surface area contributed by atoms with Crippen LogP contribution < -0.4 is 10.6 Å². The number of imide groups is 2. The van der Waals surface area contributed by atoms with Crippen LogP contribution in [0.4, 0.5) is 9.59 Å². The minimum Gasteiger partial charge on any atom is -0.459 e. The molecule has 0 aliphatic carbocycles. The molecule has 4 aliphatic heterocycles. The number of hydrogen-bond donors (Lipinski definition) is 2. The highest BCUT2D eigenvalue weighted by atomic mass is 16.5. The first-order valence-corrected chi connectivity index (χ1v) is 15.4. The van der Waals surface area contributed by atoms with Gasteiger partial charge in [-0.3, -0.25) is 33.8 Å². The molecular formula is C31H48N6O8. The quantitative estimate of drug-likeness (QED) is 0.343. The van der Waals surface area contributed by atoms with Crippen LogP contribution in [0.2, 0.25) is 0 Å². The summed E-state index contributed by atoms with van der Waals surface area (Å²) in [6.45, 7) is 18.1. The fraction of sp³-hybridized carbons (Fsp3) is 0.774. The Kier molecular flexibility index (Phi) is 7.91. The Morgan fingerprint density at radius 2 is 0.911 bits per heavy atom. The summed E-state index contributed by atoms with van der Waals surface area (Å²) in [5, 5.41) is 5.71. The Balaban J connectivity index is 1.59. The number of likely N-dealkylation sites (tertiary alicyclic amines) is 2. The van der Waals surface area contributed by atoms with Gasteiger partial charge in [0.25, 0.3) is 11.8 Å². The number of hydrogen-bond acceptors (Lipinski definition) is 8. The van der Waals surface area contributed by atoms with E-state index in [0.717, 1.165) is 9.80 Å². The van der Waals surface area contributed by atoms with Crippen LogP contribution in [-0.2, 0) is 28.7 Å². The zero-order valence-corrected chi connectivity index (χ0v) is 28.4. The highest BCUT2D eigenvalue weighted by Crippen LogP contribution is 2.47. The predicted molar refractivity (Wildman–Crippen MR) is 161 cm³/mol. The van der Waals surface area contributed by atoms with Crippen LogP contribution in [0.15, 0.2) is 0 Å². The summed E-state index contributed by atoms with van der Waals surface area (Å²) in [5.41, 5.74) is -5.68. The fourth-order valence-electron chi connectivity index (χ4n) is 9.68. The summed E-state index contributed by atoms with van der Waals surface area (Å²) in [6, 6.07) is -1.37. The van der Waals surface area contributed by atoms with E-state index in [9.17, 15) is 33.6 Å². The Bertz CT molecular complexity index is 1240. The lowest BCUT2D eigenvalue weighted by atomic mass is 9.69. The number of esters is 1. The molecule has 4 heterocycles. The predicted octanol–water partition coefficient (Wildman–Crippen LogP) is 1.90. The first-order valence-electron chi connectivity index (χ1n) is 15.4. The van der Waals surface area contributed by atoms with Crippen molar-refractivity contribution in [2.75, 3.05) is 13.1 Å². The Labute approximate surface area is 264 Å². The van der Waals surface area contributed by atoms with Crippen LogP contribution in [0.3, 0.4) is 0 Å². The number of carbonyl (C=O) groups excluding carboxylic acids is 7. The number of nitrogens with one attached hydrogen (secondary N) is 2. The molecular weight excluding hydrogens is 584 g/mol. The molecule has 4 rings (SSSR count). The molecule has 4 saturated heterocycles. The van der Waals surface area contributed by atoms with Crippen LogP contribution >= 0.6 is 0 Å². The van der Waals surface area contributed by atoms with Crippen molar-refractivity contribution in [1.29, 1.82) is 0 Å². The van der Waals surface area contributed by atoms with E-state index in [0.29, 0.717) is 0 Å². The van der Waals surface area contributed by atoms with Gasteiger partial charge in [-0.05, 0) is 55.4 Å². The zero-order chi connectivity index (χ0) is 34.3. The summed E-state index contributed by atoms with van der Waals surface area (Å²) in [4.78, 5) is 97.3. The van der Waals surface area contributed by atoms with E-state index in [-0.39, 0.29) is 50.6 Å². The van der Waals surface area contributed by atoms with Gasteiger partial charge in [-0.1, -0.05) is 0 Å². The van der Waals surface area contributed by atoms with Gasteiger partial charge in [0.05, 0.1) is 13.1 Å². The summed E-state index contributed by atoms with van der Waals surface area (Å²) in [6.07, 6.45) is -0.531. The number of piperidine rings is 2. The molecule has 2 N–H and O–H groups in total. The summed E-state index contributed by atoms with van der Waals surface area (Å²) >= 11 is 0. The van der Waals surface area contributed by atoms with Crippen LogP contribution in [0.5, 0.6) is 0 Å². The maximum Gasteiger partial charge on any atom is 0.325 e. The highest BCUT2D eigenvalue weighted by molar-refractivity contribution is 6.08. The van der Waals surface area contributed by atoms with Crippen molar-refractivity contribution in [3.05, 3.63) is 0 Å². The third kappa shape index (κ3) is 5.65. The van der Waals surface area contributed by atoms with Crippen LogP contribution in [0.1, 0.15) is 102 Å². The molecule has 14 heteroatoms. The number of amides is 8. The Morgan fingerprint density at radius 1 is 0.622 bits per heavy atom. The van der Waals surface area contributed by atoms with Gasteiger partial charge in [0, 0.05) is 68.6 Å². The molecule has 0 aromatic heterocycles. The summed E-state index contributed by atoms with van der Waals surface area (Å²) < 4.78 is 5.49. The first kappa shape index (κ1) is 34.2. The topological polar surface area (TPSA) is 166 Å². The summed E-state index contributed by atoms with van der Waals surface area (Å²) in [5.74, 6) is -2.05. The second-order valence-electron chi connectivity index (χ2n) is 15.8. The Morgan fingerprint density at radius 3 is 1.16 bits per heavy atom. The monoisotopic (exact) mass is 632 g/mol. The third-order valence-corrected chi connectivity index (χ3v) is 9.59. The maximum absolute atomic E-state index is 14.0. The number of carbonyl (C=O) groups is 7. The van der Waals surface area contributed by atoms with Gasteiger partial charge < -0.3 is 25.2 Å². The van der Waals surface area contributed by atoms with Gasteiger partial charge in [0.1, 0.15) is 17.2 Å². The first-order chi connectivity index (χ1) is 20.3. The van der Waals surface area contributed by atoms with Crippen molar-refractivity contribution < 1.29 is 38.3 Å². The van der Waals surface area contributed by atoms with Gasteiger partial charge in [0.2, 0.25) is 11.8 Å². The van der Waals surface area contributed by atoms with Gasteiger partial charge in [-0.15, -0.1) is 0 Å². The van der Waals surface area contributed by atoms with Crippen LogP contribution in [-0.4, -0.2) is 114 Å². The lowest BCUT2D eigenvalue weighted by Gasteiger charge is -2.57. The molecule has 4 fully saturated rings. The summed E-state index contributed by atoms with van der Waals surface area (Å²) in [7, 11) is 0. The molecule has 0 bridgehead atoms. The largest absolute Gasteiger partial charge is 0.459 e. The average Bonchev–Trinajstić information content (AvgIpc) is 3.12. The molecule has 0 aromatic rings. The van der Waals surface area contributed by atoms with Crippen molar-refractivity contribution >= 4 is 41.7 Å². The van der Waals surface area contributed by atoms with E-state index in [2.05, 4.69) is 10.6 Å². The lowest BCUT2D eigenvalue weighted by molar-refractivity contribution is -0.158. The molecule has 8 amide bonds. The Hall–Kier alpha value is -3.71. The lowest BCUT2D eigenvalue weighted by Crippen LogP contribution is -2.70. The maximum atomic E-state index is 14.0. The van der Waals surface area contributed by atoms with Crippen molar-refractivity contribution in [3.63, 3.8) is 0 Å². The SMILES string of the molecule is CC(=O)OC(CN1C(=O)NC2(CC(C)(C)N(C(C)=O)C(C)(C)C2)C1=O)CN1C(=O)NC2(CC(C)(C)N(C(C)=O)C(C)(C)C2)C1=O. The smallest absolute Gasteiger partial charge is 0.325 e. The van der Waals surface area contributed by atoms with Crippen LogP contribution in [0.25, 0.3) is 0 Å². The molecule has 2 spiro atoms. The van der Waals surface area contributed by atoms with Crippen molar-refractivity contribution in [1.82, 2.24) is 30.2 Å². The van der Waals surface area contributed by atoms with Crippen molar-refractivity contribution in [2.24, 2.45) is 0 Å². The molecule has 4 aliphatic rings. The van der Waals surface area contributed by atoms with E-state index in [1.807, 2.05) is 55.4 Å². The van der Waals surface area contributed by atoms with Crippen molar-refractivity contribution in [3.8, 4) is 0 Å². The van der Waals surface area contributed by atoms with Gasteiger partial charge in [0.15, 0.2) is 0 Å². The molecule has 45 heavy (non-hydrogen) atoms. The standard InChI is InChI=1S/C31H48N6O8/c1-18(38)36-26(4,5)14-30(15-27(36,6)7)22(41)34(24(43)32-30)12-21(45-20(3)40)13-35-23(42)31(33-25(35)44)16-28(8,9)37(19(2)39)29(10,11)17-31/h21H,12-17H2,1-11H3,(H,32,43)(H,33,44). The van der Waals surface area contributed by atoms with E-state index in [4.69, 9.17) is 4.74 Å². The van der Waals surface area contributed by atoms with Crippen molar-refractivity contribution in [2.45, 2.75) is 141 Å². The molecule has 0 radical (unpaired) electrons. The minimum absolute atomic E-state index is 0.145. The number of urea groups is 2. The molecule has 0 unspecified atom stereocenters. The zero-order valence-electron chi connectivity index (χ0n) is 28.4. The minimum atomic E-state index is -1.30.